The van der Waals surface area contributed by atoms with Gasteiger partial charge in [0.15, 0.2) is 17.7 Å². The lowest BCUT2D eigenvalue weighted by atomic mass is 10.1. The largest absolute Gasteiger partial charge is 0.478 e. The predicted molar refractivity (Wildman–Crippen MR) is 60.0 cm³/mol. The highest BCUT2D eigenvalue weighted by molar-refractivity contribution is 5.37. The van der Waals surface area contributed by atoms with E-state index in [9.17, 15) is 17.6 Å². The molecule has 0 saturated heterocycles. The van der Waals surface area contributed by atoms with Crippen LogP contribution in [0, 0.1) is 5.82 Å². The molecule has 0 aromatic heterocycles. The van der Waals surface area contributed by atoms with E-state index in [1.807, 2.05) is 0 Å². The Morgan fingerprint density at radius 2 is 1.83 bits per heavy atom. The van der Waals surface area contributed by atoms with E-state index in [2.05, 4.69) is 5.32 Å². The molecule has 0 bridgehead atoms. The van der Waals surface area contributed by atoms with Crippen molar-refractivity contribution in [1.82, 2.24) is 5.32 Å². The first-order chi connectivity index (χ1) is 8.27. The summed E-state index contributed by atoms with van der Waals surface area (Å²) in [5, 5.41) is 2.83. The zero-order valence-corrected chi connectivity index (χ0v) is 10.3. The van der Waals surface area contributed by atoms with Crippen molar-refractivity contribution in [2.75, 3.05) is 7.05 Å². The van der Waals surface area contributed by atoms with Gasteiger partial charge in [-0.2, -0.15) is 13.2 Å². The Bertz CT molecular complexity index is 406. The van der Waals surface area contributed by atoms with E-state index in [1.54, 1.807) is 14.0 Å². The summed E-state index contributed by atoms with van der Waals surface area (Å²) >= 11 is 0. The molecule has 102 valence electrons. The maximum Gasteiger partial charge on any atom is 0.425 e. The number of halogens is 4. The average molecular weight is 265 g/mol. The molecule has 0 spiro atoms. The van der Waals surface area contributed by atoms with Crippen LogP contribution in [0.1, 0.15) is 25.5 Å². The van der Waals surface area contributed by atoms with Crippen molar-refractivity contribution in [3.63, 3.8) is 0 Å². The standard InChI is InChI=1S/C12H15F4NO/c1-7(17-3)9-5-4-6-10(13)11(9)18-8(2)12(14,15)16/h4-8,17H,1-3H3. The topological polar surface area (TPSA) is 21.3 Å². The van der Waals surface area contributed by atoms with Crippen LogP contribution >= 0.6 is 0 Å². The third-order valence-electron chi connectivity index (χ3n) is 2.65. The summed E-state index contributed by atoms with van der Waals surface area (Å²) in [5.41, 5.74) is 0.355. The molecule has 1 rings (SSSR count). The van der Waals surface area contributed by atoms with Gasteiger partial charge in [0.2, 0.25) is 0 Å². The number of benzene rings is 1. The molecule has 0 heterocycles. The van der Waals surface area contributed by atoms with Crippen molar-refractivity contribution >= 4 is 0 Å². The Labute approximate surface area is 103 Å². The van der Waals surface area contributed by atoms with Crippen molar-refractivity contribution in [3.8, 4) is 5.75 Å². The summed E-state index contributed by atoms with van der Waals surface area (Å²) in [5.74, 6) is -1.16. The first-order valence-electron chi connectivity index (χ1n) is 5.46. The molecule has 1 aromatic carbocycles. The molecule has 0 fully saturated rings. The van der Waals surface area contributed by atoms with Crippen LogP contribution in [0.15, 0.2) is 18.2 Å². The molecule has 0 radical (unpaired) electrons. The van der Waals surface area contributed by atoms with Crippen molar-refractivity contribution < 1.29 is 22.3 Å². The lowest BCUT2D eigenvalue weighted by molar-refractivity contribution is -0.189. The van der Waals surface area contributed by atoms with Crippen LogP contribution < -0.4 is 10.1 Å². The SMILES string of the molecule is CNC(C)c1cccc(F)c1OC(C)C(F)(F)F. The van der Waals surface area contributed by atoms with E-state index in [0.29, 0.717) is 5.56 Å². The van der Waals surface area contributed by atoms with Crippen LogP contribution in [0.4, 0.5) is 17.6 Å². The lowest BCUT2D eigenvalue weighted by Gasteiger charge is -2.22. The number of ether oxygens (including phenoxy) is 1. The van der Waals surface area contributed by atoms with E-state index in [1.165, 1.54) is 12.1 Å². The Kier molecular flexibility index (Phi) is 4.56. The van der Waals surface area contributed by atoms with Gasteiger partial charge in [-0.05, 0) is 27.0 Å². The van der Waals surface area contributed by atoms with Crippen molar-refractivity contribution in [2.24, 2.45) is 0 Å². The fraction of sp³-hybridized carbons (Fsp3) is 0.500. The summed E-state index contributed by atoms with van der Waals surface area (Å²) in [7, 11) is 1.63. The summed E-state index contributed by atoms with van der Waals surface area (Å²) in [6.45, 7) is 2.56. The van der Waals surface area contributed by atoms with Gasteiger partial charge in [-0.1, -0.05) is 12.1 Å². The number of nitrogens with one attached hydrogen (secondary N) is 1. The normalized spacial score (nSPS) is 15.3. The minimum absolute atomic E-state index is 0.309. The maximum atomic E-state index is 13.6. The zero-order valence-electron chi connectivity index (χ0n) is 10.3. The Morgan fingerprint density at radius 3 is 2.33 bits per heavy atom. The Balaban J connectivity index is 3.07. The maximum absolute atomic E-state index is 13.6. The molecule has 18 heavy (non-hydrogen) atoms. The lowest BCUT2D eigenvalue weighted by Crippen LogP contribution is -2.32. The minimum Gasteiger partial charge on any atom is -0.478 e. The first-order valence-corrected chi connectivity index (χ1v) is 5.46. The summed E-state index contributed by atoms with van der Waals surface area (Å²) in [4.78, 5) is 0. The molecule has 0 aliphatic rings. The highest BCUT2D eigenvalue weighted by atomic mass is 19.4. The third kappa shape index (κ3) is 3.35. The van der Waals surface area contributed by atoms with Crippen LogP contribution in [0.25, 0.3) is 0 Å². The van der Waals surface area contributed by atoms with Gasteiger partial charge < -0.3 is 10.1 Å². The smallest absolute Gasteiger partial charge is 0.425 e. The molecule has 0 aliphatic carbocycles. The van der Waals surface area contributed by atoms with Crippen LogP contribution in [-0.2, 0) is 0 Å². The molecule has 6 heteroatoms. The van der Waals surface area contributed by atoms with Gasteiger partial charge in [-0.3, -0.25) is 0 Å². The first kappa shape index (κ1) is 14.8. The van der Waals surface area contributed by atoms with E-state index in [-0.39, 0.29) is 11.8 Å². The van der Waals surface area contributed by atoms with Crippen LogP contribution in [0.3, 0.4) is 0 Å². The monoisotopic (exact) mass is 265 g/mol. The molecule has 0 amide bonds. The van der Waals surface area contributed by atoms with Gasteiger partial charge in [-0.25, -0.2) is 4.39 Å². The molecule has 0 saturated carbocycles. The highest BCUT2D eigenvalue weighted by Gasteiger charge is 2.39. The molecular weight excluding hydrogens is 250 g/mol. The number of hydrogen-bond acceptors (Lipinski definition) is 2. The molecule has 2 nitrogen and oxygen atoms in total. The van der Waals surface area contributed by atoms with E-state index < -0.39 is 18.1 Å². The van der Waals surface area contributed by atoms with Crippen molar-refractivity contribution in [1.29, 1.82) is 0 Å². The second-order valence-corrected chi connectivity index (χ2v) is 3.97. The van der Waals surface area contributed by atoms with Gasteiger partial charge in [0.25, 0.3) is 0 Å². The van der Waals surface area contributed by atoms with Gasteiger partial charge >= 0.3 is 6.18 Å². The number of alkyl halides is 3. The van der Waals surface area contributed by atoms with Gasteiger partial charge in [0.1, 0.15) is 0 Å². The van der Waals surface area contributed by atoms with Crippen molar-refractivity contribution in [3.05, 3.63) is 29.6 Å². The van der Waals surface area contributed by atoms with Gasteiger partial charge in [0.05, 0.1) is 0 Å². The fourth-order valence-corrected chi connectivity index (χ4v) is 1.39. The summed E-state index contributed by atoms with van der Waals surface area (Å²) in [6.07, 6.45) is -6.58. The average Bonchev–Trinajstić information content (AvgIpc) is 2.29. The van der Waals surface area contributed by atoms with Crippen LogP contribution in [0.5, 0.6) is 5.75 Å². The second-order valence-electron chi connectivity index (χ2n) is 3.97. The van der Waals surface area contributed by atoms with E-state index in [4.69, 9.17) is 4.74 Å². The zero-order chi connectivity index (χ0) is 13.9. The molecule has 0 aliphatic heterocycles. The van der Waals surface area contributed by atoms with Crippen molar-refractivity contribution in [2.45, 2.75) is 32.2 Å². The predicted octanol–water partition coefficient (Wildman–Crippen LogP) is 3.44. The third-order valence-corrected chi connectivity index (χ3v) is 2.65. The van der Waals surface area contributed by atoms with E-state index in [0.717, 1.165) is 13.0 Å². The molecule has 1 aromatic rings. The Morgan fingerprint density at radius 1 is 1.22 bits per heavy atom. The number of rotatable bonds is 4. The molecule has 2 unspecified atom stereocenters. The van der Waals surface area contributed by atoms with Crippen LogP contribution in [0.2, 0.25) is 0 Å². The number of para-hydroxylation sites is 1. The molecule has 2 atom stereocenters. The van der Waals surface area contributed by atoms with E-state index >= 15 is 0 Å². The fourth-order valence-electron chi connectivity index (χ4n) is 1.39. The molecule has 1 N–H and O–H groups in total. The van der Waals surface area contributed by atoms with Gasteiger partial charge in [0, 0.05) is 11.6 Å². The Hall–Kier alpha value is -1.30. The minimum atomic E-state index is -4.53. The highest BCUT2D eigenvalue weighted by Crippen LogP contribution is 2.32. The summed E-state index contributed by atoms with van der Waals surface area (Å²) < 4.78 is 55.6. The van der Waals surface area contributed by atoms with Crippen LogP contribution in [-0.4, -0.2) is 19.3 Å². The van der Waals surface area contributed by atoms with Gasteiger partial charge in [-0.15, -0.1) is 0 Å². The molecular formula is C12H15F4NO. The number of hydrogen-bond donors (Lipinski definition) is 1. The summed E-state index contributed by atoms with van der Waals surface area (Å²) in [6, 6.07) is 3.73. The quantitative estimate of drug-likeness (QED) is 0.842. The second kappa shape index (κ2) is 5.56.